The fourth-order valence-corrected chi connectivity index (χ4v) is 5.21. The minimum Gasteiger partial charge on any atom is -0.454 e. The zero-order valence-corrected chi connectivity index (χ0v) is 17.2. The highest BCUT2D eigenvalue weighted by molar-refractivity contribution is 7.18. The maximum Gasteiger partial charge on any atom is 0.310 e. The van der Waals surface area contributed by atoms with Gasteiger partial charge in [0.1, 0.15) is 4.83 Å². The predicted octanol–water partition coefficient (Wildman–Crippen LogP) is 4.26. The van der Waals surface area contributed by atoms with Crippen molar-refractivity contribution < 1.29 is 9.53 Å². The lowest BCUT2D eigenvalue weighted by Crippen LogP contribution is -2.19. The zero-order chi connectivity index (χ0) is 19.8. The summed E-state index contributed by atoms with van der Waals surface area (Å²) >= 11 is 1.60. The van der Waals surface area contributed by atoms with Crippen molar-refractivity contribution in [3.05, 3.63) is 62.0 Å². The number of hydrogen-bond donors (Lipinski definition) is 1. The summed E-state index contributed by atoms with van der Waals surface area (Å²) in [6.45, 7) is 5.96. The standard InChI is InChI=1S/C22H24N2O3S/c1-12-8-9-16-17(10-12)28-22-19(16)21(26)23-20(24-22)14(3)27-18(25)11-15-7-5-4-6-13(15)2/h4-7,12,14H,8-11H2,1-3H3,(H,23,24,26)/t12-,14+/m0/s1. The monoisotopic (exact) mass is 396 g/mol. The largest absolute Gasteiger partial charge is 0.454 e. The smallest absolute Gasteiger partial charge is 0.310 e. The highest BCUT2D eigenvalue weighted by atomic mass is 32.1. The van der Waals surface area contributed by atoms with Crippen LogP contribution in [0.15, 0.2) is 29.1 Å². The minimum absolute atomic E-state index is 0.131. The number of fused-ring (bicyclic) bond motifs is 3. The Morgan fingerprint density at radius 2 is 2.18 bits per heavy atom. The van der Waals surface area contributed by atoms with Crippen molar-refractivity contribution in [2.75, 3.05) is 0 Å². The summed E-state index contributed by atoms with van der Waals surface area (Å²) in [5, 5.41) is 0.717. The van der Waals surface area contributed by atoms with Gasteiger partial charge in [-0.2, -0.15) is 0 Å². The van der Waals surface area contributed by atoms with E-state index in [2.05, 4.69) is 16.9 Å². The highest BCUT2D eigenvalue weighted by Crippen LogP contribution is 2.36. The molecule has 0 fully saturated rings. The van der Waals surface area contributed by atoms with Crippen LogP contribution in [0.25, 0.3) is 10.2 Å². The molecule has 1 aromatic carbocycles. The number of aryl methyl sites for hydroxylation is 2. The molecule has 1 aliphatic carbocycles. The lowest BCUT2D eigenvalue weighted by atomic mass is 9.89. The molecule has 0 bridgehead atoms. The number of rotatable bonds is 4. The van der Waals surface area contributed by atoms with Crippen LogP contribution in [0.4, 0.5) is 0 Å². The first kappa shape index (κ1) is 18.9. The number of nitrogens with one attached hydrogen (secondary N) is 1. The molecule has 2 atom stereocenters. The first-order valence-corrected chi connectivity index (χ1v) is 10.5. The van der Waals surface area contributed by atoms with Gasteiger partial charge in [0, 0.05) is 4.88 Å². The van der Waals surface area contributed by atoms with E-state index in [1.807, 2.05) is 31.2 Å². The van der Waals surface area contributed by atoms with E-state index in [0.29, 0.717) is 17.1 Å². The second-order valence-corrected chi connectivity index (χ2v) is 8.80. The van der Waals surface area contributed by atoms with Crippen molar-refractivity contribution in [1.29, 1.82) is 0 Å². The summed E-state index contributed by atoms with van der Waals surface area (Å²) in [5.74, 6) is 0.714. The number of carbonyl (C=O) groups excluding carboxylic acids is 1. The van der Waals surface area contributed by atoms with Crippen molar-refractivity contribution in [2.45, 2.75) is 52.6 Å². The van der Waals surface area contributed by atoms with Gasteiger partial charge in [-0.05, 0) is 55.7 Å². The molecule has 3 aromatic rings. The van der Waals surface area contributed by atoms with E-state index in [4.69, 9.17) is 4.74 Å². The quantitative estimate of drug-likeness (QED) is 0.669. The summed E-state index contributed by atoms with van der Waals surface area (Å²) in [5.41, 5.74) is 3.02. The normalized spacial score (nSPS) is 17.3. The van der Waals surface area contributed by atoms with E-state index >= 15 is 0 Å². The molecule has 0 radical (unpaired) electrons. The number of hydrogen-bond acceptors (Lipinski definition) is 5. The maximum atomic E-state index is 12.7. The first-order valence-electron chi connectivity index (χ1n) is 9.70. The molecule has 0 spiro atoms. The fraction of sp³-hybridized carbons (Fsp3) is 0.409. The average Bonchev–Trinajstić information content (AvgIpc) is 3.01. The molecule has 2 heterocycles. The summed E-state index contributed by atoms with van der Waals surface area (Å²) in [7, 11) is 0. The number of esters is 1. The Morgan fingerprint density at radius 1 is 1.39 bits per heavy atom. The van der Waals surface area contributed by atoms with Crippen molar-refractivity contribution >= 4 is 27.5 Å². The molecule has 1 N–H and O–H groups in total. The Hall–Kier alpha value is -2.47. The lowest BCUT2D eigenvalue weighted by Gasteiger charge is -2.17. The van der Waals surface area contributed by atoms with Crippen LogP contribution < -0.4 is 5.56 Å². The SMILES string of the molecule is Cc1ccccc1CC(=O)O[C@H](C)c1nc2sc3c(c2c(=O)[nH]1)CC[C@H](C)C3. The number of ether oxygens (including phenoxy) is 1. The number of thiophene rings is 1. The Morgan fingerprint density at radius 3 is 2.96 bits per heavy atom. The summed E-state index contributed by atoms with van der Waals surface area (Å²) in [6, 6.07) is 7.74. The van der Waals surface area contributed by atoms with Crippen molar-refractivity contribution in [3.63, 3.8) is 0 Å². The van der Waals surface area contributed by atoms with Crippen molar-refractivity contribution in [1.82, 2.24) is 9.97 Å². The number of benzene rings is 1. The molecule has 2 aromatic heterocycles. The van der Waals surface area contributed by atoms with Gasteiger partial charge in [-0.1, -0.05) is 31.2 Å². The van der Waals surface area contributed by atoms with Gasteiger partial charge in [0.25, 0.3) is 5.56 Å². The Bertz CT molecular complexity index is 1100. The molecular formula is C22H24N2O3S. The number of aromatic amines is 1. The zero-order valence-electron chi connectivity index (χ0n) is 16.4. The predicted molar refractivity (Wildman–Crippen MR) is 111 cm³/mol. The molecule has 1 aliphatic rings. The Kier molecular flexibility index (Phi) is 5.06. The van der Waals surface area contributed by atoms with Crippen LogP contribution in [0.1, 0.15) is 53.8 Å². The van der Waals surface area contributed by atoms with Gasteiger partial charge in [0.15, 0.2) is 11.9 Å². The van der Waals surface area contributed by atoms with Gasteiger partial charge in [0.05, 0.1) is 11.8 Å². The third kappa shape index (κ3) is 3.61. The molecule has 146 valence electrons. The summed E-state index contributed by atoms with van der Waals surface area (Å²) in [4.78, 5) is 34.6. The van der Waals surface area contributed by atoms with Gasteiger partial charge in [-0.15, -0.1) is 11.3 Å². The highest BCUT2D eigenvalue weighted by Gasteiger charge is 2.24. The Balaban J connectivity index is 1.56. The van der Waals surface area contributed by atoms with Crippen LogP contribution in [0.2, 0.25) is 0 Å². The average molecular weight is 397 g/mol. The second-order valence-electron chi connectivity index (χ2n) is 7.72. The van der Waals surface area contributed by atoms with Crippen LogP contribution in [-0.4, -0.2) is 15.9 Å². The van der Waals surface area contributed by atoms with E-state index in [9.17, 15) is 9.59 Å². The molecule has 0 aliphatic heterocycles. The van der Waals surface area contributed by atoms with Crippen molar-refractivity contribution in [2.24, 2.45) is 5.92 Å². The van der Waals surface area contributed by atoms with Crippen LogP contribution in [0.5, 0.6) is 0 Å². The van der Waals surface area contributed by atoms with Crippen LogP contribution >= 0.6 is 11.3 Å². The fourth-order valence-electron chi connectivity index (χ4n) is 3.82. The van der Waals surface area contributed by atoms with Gasteiger partial charge in [0.2, 0.25) is 0 Å². The van der Waals surface area contributed by atoms with Gasteiger partial charge >= 0.3 is 5.97 Å². The van der Waals surface area contributed by atoms with Crippen LogP contribution in [0.3, 0.4) is 0 Å². The molecule has 6 heteroatoms. The third-order valence-corrected chi connectivity index (χ3v) is 6.62. The number of aromatic nitrogens is 2. The molecule has 0 unspecified atom stereocenters. The molecular weight excluding hydrogens is 372 g/mol. The molecule has 0 amide bonds. The van der Waals surface area contributed by atoms with E-state index in [-0.39, 0.29) is 17.9 Å². The van der Waals surface area contributed by atoms with Crippen molar-refractivity contribution in [3.8, 4) is 0 Å². The van der Waals surface area contributed by atoms with Gasteiger partial charge < -0.3 is 9.72 Å². The molecule has 28 heavy (non-hydrogen) atoms. The molecule has 0 saturated heterocycles. The second kappa shape index (κ2) is 7.51. The topological polar surface area (TPSA) is 72.0 Å². The van der Waals surface area contributed by atoms with Gasteiger partial charge in [-0.25, -0.2) is 4.98 Å². The van der Waals surface area contributed by atoms with E-state index in [1.54, 1.807) is 18.3 Å². The van der Waals surface area contributed by atoms with Crippen LogP contribution in [0, 0.1) is 12.8 Å². The number of carbonyl (C=O) groups is 1. The van der Waals surface area contributed by atoms with E-state index in [1.165, 1.54) is 4.88 Å². The van der Waals surface area contributed by atoms with E-state index in [0.717, 1.165) is 40.8 Å². The maximum absolute atomic E-state index is 12.7. The minimum atomic E-state index is -0.605. The summed E-state index contributed by atoms with van der Waals surface area (Å²) in [6.07, 6.45) is 2.64. The molecule has 0 saturated carbocycles. The molecule has 5 nitrogen and oxygen atoms in total. The lowest BCUT2D eigenvalue weighted by molar-refractivity contribution is -0.148. The van der Waals surface area contributed by atoms with Gasteiger partial charge in [-0.3, -0.25) is 9.59 Å². The van der Waals surface area contributed by atoms with Crippen LogP contribution in [-0.2, 0) is 28.8 Å². The first-order chi connectivity index (χ1) is 13.4. The number of H-pyrrole nitrogens is 1. The number of nitrogens with zero attached hydrogens (tertiary/aromatic N) is 1. The third-order valence-electron chi connectivity index (χ3n) is 5.47. The van der Waals surface area contributed by atoms with E-state index < -0.39 is 6.10 Å². The molecule has 4 rings (SSSR count). The summed E-state index contributed by atoms with van der Waals surface area (Å²) < 4.78 is 5.55. The Labute approximate surface area is 167 Å².